The first-order valence-electron chi connectivity index (χ1n) is 8.40. The maximum atomic E-state index is 9.77. The Bertz CT molecular complexity index is 560. The fraction of sp³-hybridized carbons (Fsp3) is 0.500. The Morgan fingerprint density at radius 1 is 1.04 bits per heavy atom. The zero-order valence-corrected chi connectivity index (χ0v) is 14.7. The minimum absolute atomic E-state index is 0.396. The van der Waals surface area contributed by atoms with E-state index in [0.717, 1.165) is 24.1 Å². The van der Waals surface area contributed by atoms with Gasteiger partial charge in [-0.3, -0.25) is 0 Å². The zero-order valence-electron chi connectivity index (χ0n) is 14.7. The Labute approximate surface area is 140 Å². The molecule has 1 aliphatic carbocycles. The Morgan fingerprint density at radius 3 is 2.17 bits per heavy atom. The van der Waals surface area contributed by atoms with Crippen LogP contribution in [-0.4, -0.2) is 22.7 Å². The van der Waals surface area contributed by atoms with Crippen LogP contribution >= 0.6 is 0 Å². The highest BCUT2D eigenvalue weighted by Crippen LogP contribution is 2.35. The van der Waals surface area contributed by atoms with Crippen molar-refractivity contribution in [3.63, 3.8) is 0 Å². The highest BCUT2D eigenvalue weighted by atomic mass is 16.3. The first kappa shape index (κ1) is 17.8. The molecule has 3 heteroatoms. The summed E-state index contributed by atoms with van der Waals surface area (Å²) in [7, 11) is 0. The minimum Gasteiger partial charge on any atom is -0.374 e. The molecule has 2 atom stereocenters. The smallest absolute Gasteiger partial charge is 0.126 e. The second-order valence-corrected chi connectivity index (χ2v) is 7.25. The average molecular weight is 315 g/mol. The van der Waals surface area contributed by atoms with Gasteiger partial charge in [0.05, 0.1) is 0 Å². The molecule has 2 rings (SSSR count). The van der Waals surface area contributed by atoms with Gasteiger partial charge in [0.2, 0.25) is 0 Å². The van der Waals surface area contributed by atoms with E-state index in [9.17, 15) is 10.2 Å². The predicted molar refractivity (Wildman–Crippen MR) is 97.0 cm³/mol. The van der Waals surface area contributed by atoms with Gasteiger partial charge in [0.25, 0.3) is 0 Å². The number of hydrogen-bond acceptors (Lipinski definition) is 3. The topological polar surface area (TPSA) is 43.7 Å². The van der Waals surface area contributed by atoms with E-state index >= 15 is 0 Å². The molecule has 1 aromatic carbocycles. The van der Waals surface area contributed by atoms with Crippen molar-refractivity contribution in [3.8, 4) is 0 Å². The molecular formula is C20H29NO2. The van der Waals surface area contributed by atoms with Crippen molar-refractivity contribution >= 4 is 11.8 Å². The fourth-order valence-corrected chi connectivity index (χ4v) is 3.19. The lowest BCUT2D eigenvalue weighted by atomic mass is 9.77. The molecular weight excluding hydrogens is 286 g/mol. The zero-order chi connectivity index (χ0) is 17.0. The van der Waals surface area contributed by atoms with E-state index in [2.05, 4.69) is 32.1 Å². The molecule has 0 aromatic heterocycles. The van der Waals surface area contributed by atoms with Crippen molar-refractivity contribution in [3.05, 3.63) is 47.6 Å². The Balaban J connectivity index is 2.08. The SMILES string of the molecule is CC(O)N(c1ccc(C=CC2=CCCC(C)(C)C2)cc1)C(C)O. The molecule has 2 unspecified atom stereocenters. The van der Waals surface area contributed by atoms with E-state index in [1.165, 1.54) is 12.0 Å². The number of allylic oxidation sites excluding steroid dienone is 3. The summed E-state index contributed by atoms with van der Waals surface area (Å²) in [6, 6.07) is 7.88. The summed E-state index contributed by atoms with van der Waals surface area (Å²) >= 11 is 0. The summed E-state index contributed by atoms with van der Waals surface area (Å²) in [6.45, 7) is 7.95. The molecule has 0 saturated carbocycles. The third kappa shape index (κ3) is 4.95. The van der Waals surface area contributed by atoms with Gasteiger partial charge in [-0.15, -0.1) is 0 Å². The first-order chi connectivity index (χ1) is 10.8. The highest BCUT2D eigenvalue weighted by Gasteiger charge is 2.21. The number of aliphatic hydroxyl groups excluding tert-OH is 2. The van der Waals surface area contributed by atoms with Crippen LogP contribution in [0.3, 0.4) is 0 Å². The quantitative estimate of drug-likeness (QED) is 0.795. The molecule has 126 valence electrons. The highest BCUT2D eigenvalue weighted by molar-refractivity contribution is 5.58. The molecule has 1 aliphatic rings. The summed E-state index contributed by atoms with van der Waals surface area (Å²) < 4.78 is 0. The molecule has 0 fully saturated rings. The van der Waals surface area contributed by atoms with E-state index in [1.54, 1.807) is 18.7 Å². The lowest BCUT2D eigenvalue weighted by Gasteiger charge is -2.30. The first-order valence-corrected chi connectivity index (χ1v) is 8.40. The van der Waals surface area contributed by atoms with Crippen molar-refractivity contribution in [2.75, 3.05) is 4.90 Å². The molecule has 0 spiro atoms. The Hall–Kier alpha value is -1.58. The van der Waals surface area contributed by atoms with E-state index in [-0.39, 0.29) is 0 Å². The second-order valence-electron chi connectivity index (χ2n) is 7.25. The van der Waals surface area contributed by atoms with Crippen molar-refractivity contribution in [1.82, 2.24) is 0 Å². The standard InChI is InChI=1S/C20H29NO2/c1-15(22)21(16(2)23)19-11-9-17(10-12-19)7-8-18-6-5-13-20(3,4)14-18/h6-12,15-16,22-23H,5,13-14H2,1-4H3. The van der Waals surface area contributed by atoms with Gasteiger partial charge in [-0.25, -0.2) is 0 Å². The van der Waals surface area contributed by atoms with Gasteiger partial charge in [0.15, 0.2) is 0 Å². The molecule has 3 nitrogen and oxygen atoms in total. The van der Waals surface area contributed by atoms with Crippen LogP contribution in [0.5, 0.6) is 0 Å². The Morgan fingerprint density at radius 2 is 1.65 bits per heavy atom. The van der Waals surface area contributed by atoms with Gasteiger partial charge in [-0.1, -0.05) is 49.8 Å². The molecule has 0 saturated heterocycles. The number of benzene rings is 1. The summed E-state index contributed by atoms with van der Waals surface area (Å²) in [5.74, 6) is 0. The van der Waals surface area contributed by atoms with Gasteiger partial charge >= 0.3 is 0 Å². The normalized spacial score (nSPS) is 20.2. The molecule has 0 aliphatic heterocycles. The van der Waals surface area contributed by atoms with Gasteiger partial charge < -0.3 is 15.1 Å². The second kappa shape index (κ2) is 7.33. The van der Waals surface area contributed by atoms with Gasteiger partial charge in [-0.2, -0.15) is 0 Å². The molecule has 0 heterocycles. The number of hydrogen-bond donors (Lipinski definition) is 2. The van der Waals surface area contributed by atoms with Gasteiger partial charge in [0, 0.05) is 5.69 Å². The van der Waals surface area contributed by atoms with E-state index in [4.69, 9.17) is 0 Å². The van der Waals surface area contributed by atoms with Gasteiger partial charge in [0.1, 0.15) is 12.5 Å². The monoisotopic (exact) mass is 315 g/mol. The summed E-state index contributed by atoms with van der Waals surface area (Å²) in [5.41, 5.74) is 3.73. The summed E-state index contributed by atoms with van der Waals surface area (Å²) in [4.78, 5) is 1.57. The molecule has 0 amide bonds. The maximum absolute atomic E-state index is 9.77. The molecule has 0 bridgehead atoms. The van der Waals surface area contributed by atoms with Crippen LogP contribution in [0.25, 0.3) is 6.08 Å². The third-order valence-corrected chi connectivity index (χ3v) is 4.40. The Kier molecular flexibility index (Phi) is 5.66. The lowest BCUT2D eigenvalue weighted by molar-refractivity contribution is 0.105. The van der Waals surface area contributed by atoms with Crippen molar-refractivity contribution in [2.45, 2.75) is 59.4 Å². The van der Waals surface area contributed by atoms with Gasteiger partial charge in [-0.05, 0) is 56.2 Å². The van der Waals surface area contributed by atoms with E-state index in [0.29, 0.717) is 5.41 Å². The van der Waals surface area contributed by atoms with Crippen molar-refractivity contribution in [1.29, 1.82) is 0 Å². The van der Waals surface area contributed by atoms with E-state index in [1.807, 2.05) is 24.3 Å². The van der Waals surface area contributed by atoms with Crippen molar-refractivity contribution < 1.29 is 10.2 Å². The van der Waals surface area contributed by atoms with Crippen molar-refractivity contribution in [2.24, 2.45) is 5.41 Å². The maximum Gasteiger partial charge on any atom is 0.126 e. The summed E-state index contributed by atoms with van der Waals surface area (Å²) in [5, 5.41) is 19.5. The van der Waals surface area contributed by atoms with Crippen LogP contribution in [0.15, 0.2) is 42.0 Å². The summed E-state index contributed by atoms with van der Waals surface area (Å²) in [6.07, 6.45) is 8.75. The minimum atomic E-state index is -0.731. The predicted octanol–water partition coefficient (Wildman–Crippen LogP) is 4.32. The number of nitrogens with zero attached hydrogens (tertiary/aromatic N) is 1. The van der Waals surface area contributed by atoms with Crippen LogP contribution in [-0.2, 0) is 0 Å². The van der Waals surface area contributed by atoms with Crippen LogP contribution in [0.2, 0.25) is 0 Å². The largest absolute Gasteiger partial charge is 0.374 e. The van der Waals surface area contributed by atoms with Crippen LogP contribution < -0.4 is 4.90 Å². The molecule has 2 N–H and O–H groups in total. The molecule has 1 aromatic rings. The number of aliphatic hydroxyl groups is 2. The lowest BCUT2D eigenvalue weighted by Crippen LogP contribution is -2.40. The van der Waals surface area contributed by atoms with Crippen LogP contribution in [0, 0.1) is 5.41 Å². The van der Waals surface area contributed by atoms with Crippen LogP contribution in [0.1, 0.15) is 52.5 Å². The average Bonchev–Trinajstić information content (AvgIpc) is 2.45. The van der Waals surface area contributed by atoms with Crippen LogP contribution in [0.4, 0.5) is 5.69 Å². The molecule has 0 radical (unpaired) electrons. The third-order valence-electron chi connectivity index (χ3n) is 4.40. The fourth-order valence-electron chi connectivity index (χ4n) is 3.19. The number of anilines is 1. The number of rotatable bonds is 5. The van der Waals surface area contributed by atoms with E-state index < -0.39 is 12.5 Å². The molecule has 23 heavy (non-hydrogen) atoms.